The van der Waals surface area contributed by atoms with Crippen LogP contribution >= 0.6 is 0 Å². The zero-order valence-corrected chi connectivity index (χ0v) is 12.1. The van der Waals surface area contributed by atoms with Crippen molar-refractivity contribution >= 4 is 17.5 Å². The molecule has 0 atom stereocenters. The second-order valence-corrected chi connectivity index (χ2v) is 4.31. The molecule has 21 heavy (non-hydrogen) atoms. The lowest BCUT2D eigenvalue weighted by Gasteiger charge is -2.12. The summed E-state index contributed by atoms with van der Waals surface area (Å²) in [7, 11) is 3.09. The van der Waals surface area contributed by atoms with Crippen LogP contribution in [-0.2, 0) is 0 Å². The monoisotopic (exact) mass is 287 g/mol. The lowest BCUT2D eigenvalue weighted by molar-refractivity contribution is 0.262. The van der Waals surface area contributed by atoms with E-state index >= 15 is 0 Å². The van der Waals surface area contributed by atoms with E-state index in [1.807, 2.05) is 19.1 Å². The Kier molecular flexibility index (Phi) is 4.61. The number of amides is 2. The first kappa shape index (κ1) is 14.6. The first-order valence-electron chi connectivity index (χ1n) is 6.36. The highest BCUT2D eigenvalue weighted by Crippen LogP contribution is 2.28. The number of anilines is 2. The molecule has 0 saturated carbocycles. The fraction of sp³-hybridized carbons (Fsp3) is 0.200. The molecule has 0 bridgehead atoms. The van der Waals surface area contributed by atoms with Crippen molar-refractivity contribution in [2.75, 3.05) is 24.9 Å². The van der Waals surface area contributed by atoms with E-state index in [2.05, 4.69) is 15.6 Å². The number of pyridine rings is 1. The summed E-state index contributed by atoms with van der Waals surface area (Å²) in [6.07, 6.45) is 0. The Morgan fingerprint density at radius 3 is 2.57 bits per heavy atom. The zero-order valence-electron chi connectivity index (χ0n) is 12.1. The van der Waals surface area contributed by atoms with E-state index in [0.717, 1.165) is 5.69 Å². The smallest absolute Gasteiger partial charge is 0.324 e. The molecule has 1 aromatic heterocycles. The number of rotatable bonds is 4. The topological polar surface area (TPSA) is 72.5 Å². The van der Waals surface area contributed by atoms with Gasteiger partial charge in [-0.2, -0.15) is 0 Å². The number of hydrogen-bond acceptors (Lipinski definition) is 4. The predicted octanol–water partition coefficient (Wildman–Crippen LogP) is 3.05. The highest BCUT2D eigenvalue weighted by Gasteiger charge is 2.09. The van der Waals surface area contributed by atoms with E-state index in [9.17, 15) is 4.79 Å². The van der Waals surface area contributed by atoms with Crippen molar-refractivity contribution in [2.24, 2.45) is 0 Å². The molecule has 6 heteroatoms. The molecule has 2 N–H and O–H groups in total. The van der Waals surface area contributed by atoms with Crippen LogP contribution in [0.3, 0.4) is 0 Å². The van der Waals surface area contributed by atoms with Gasteiger partial charge in [0, 0.05) is 11.8 Å². The van der Waals surface area contributed by atoms with E-state index in [1.165, 1.54) is 7.11 Å². The number of carbonyl (C=O) groups is 1. The number of nitrogens with one attached hydrogen (secondary N) is 2. The molecule has 2 aromatic rings. The van der Waals surface area contributed by atoms with Crippen molar-refractivity contribution in [2.45, 2.75) is 6.92 Å². The molecule has 0 radical (unpaired) electrons. The third kappa shape index (κ3) is 3.85. The molecule has 110 valence electrons. The van der Waals surface area contributed by atoms with Gasteiger partial charge in [-0.05, 0) is 31.2 Å². The van der Waals surface area contributed by atoms with Gasteiger partial charge in [-0.3, -0.25) is 5.32 Å². The average Bonchev–Trinajstić information content (AvgIpc) is 2.47. The van der Waals surface area contributed by atoms with Gasteiger partial charge in [0.25, 0.3) is 0 Å². The number of ether oxygens (including phenoxy) is 2. The van der Waals surface area contributed by atoms with Gasteiger partial charge in [-0.15, -0.1) is 0 Å². The van der Waals surface area contributed by atoms with Crippen LogP contribution in [0.4, 0.5) is 16.3 Å². The van der Waals surface area contributed by atoms with Crippen molar-refractivity contribution in [1.82, 2.24) is 4.98 Å². The summed E-state index contributed by atoms with van der Waals surface area (Å²) in [4.78, 5) is 16.2. The van der Waals surface area contributed by atoms with Crippen LogP contribution < -0.4 is 20.1 Å². The Morgan fingerprint density at radius 2 is 1.90 bits per heavy atom. The molecule has 1 aromatic carbocycles. The molecule has 0 aliphatic carbocycles. The fourth-order valence-electron chi connectivity index (χ4n) is 1.79. The maximum atomic E-state index is 12.0. The van der Waals surface area contributed by atoms with Crippen molar-refractivity contribution in [1.29, 1.82) is 0 Å². The lowest BCUT2D eigenvalue weighted by Crippen LogP contribution is -2.20. The van der Waals surface area contributed by atoms with Crippen molar-refractivity contribution < 1.29 is 14.3 Å². The summed E-state index contributed by atoms with van der Waals surface area (Å²) < 4.78 is 10.3. The Balaban J connectivity index is 2.12. The van der Waals surface area contributed by atoms with E-state index < -0.39 is 6.03 Å². The molecule has 6 nitrogen and oxygen atoms in total. The molecular weight excluding hydrogens is 270 g/mol. The fourth-order valence-corrected chi connectivity index (χ4v) is 1.79. The summed E-state index contributed by atoms with van der Waals surface area (Å²) in [5, 5.41) is 5.37. The summed E-state index contributed by atoms with van der Waals surface area (Å²) in [5.74, 6) is 1.65. The molecule has 0 spiro atoms. The number of hydrogen-bond donors (Lipinski definition) is 2. The molecule has 0 unspecified atom stereocenters. The Labute approximate surface area is 123 Å². The number of aryl methyl sites for hydroxylation is 1. The van der Waals surface area contributed by atoms with E-state index in [4.69, 9.17) is 9.47 Å². The average molecular weight is 287 g/mol. The highest BCUT2D eigenvalue weighted by molar-refractivity contribution is 6.00. The van der Waals surface area contributed by atoms with Crippen molar-refractivity contribution in [3.05, 3.63) is 42.1 Å². The molecule has 1 heterocycles. The second-order valence-electron chi connectivity index (χ2n) is 4.31. The summed E-state index contributed by atoms with van der Waals surface area (Å²) in [6.45, 7) is 1.86. The highest BCUT2D eigenvalue weighted by atomic mass is 16.5. The molecule has 2 amide bonds. The Bertz CT molecular complexity index is 644. The van der Waals surface area contributed by atoms with Gasteiger partial charge in [0.1, 0.15) is 17.3 Å². The standard InChI is InChI=1S/C15H17N3O3/c1-10-5-4-6-14(16-10)18-15(19)17-12-9-11(20-2)7-8-13(12)21-3/h4-9H,1-3H3,(H2,16,17,18,19). The van der Waals surface area contributed by atoms with Crippen molar-refractivity contribution in [3.63, 3.8) is 0 Å². The van der Waals surface area contributed by atoms with Crippen LogP contribution in [0.15, 0.2) is 36.4 Å². The summed E-state index contributed by atoms with van der Waals surface area (Å²) in [6, 6.07) is 10.2. The summed E-state index contributed by atoms with van der Waals surface area (Å²) in [5.41, 5.74) is 1.34. The van der Waals surface area contributed by atoms with Crippen LogP contribution in [0.25, 0.3) is 0 Å². The predicted molar refractivity (Wildman–Crippen MR) is 81.2 cm³/mol. The second kappa shape index (κ2) is 6.60. The Morgan fingerprint density at radius 1 is 1.10 bits per heavy atom. The lowest BCUT2D eigenvalue weighted by atomic mass is 10.2. The molecule has 2 rings (SSSR count). The van der Waals surface area contributed by atoms with Gasteiger partial charge < -0.3 is 14.8 Å². The minimum absolute atomic E-state index is 0.403. The third-order valence-electron chi connectivity index (χ3n) is 2.78. The molecular formula is C15H17N3O3. The minimum atomic E-state index is -0.403. The summed E-state index contributed by atoms with van der Waals surface area (Å²) >= 11 is 0. The van der Waals surface area contributed by atoms with Gasteiger partial charge in [0.2, 0.25) is 0 Å². The maximum Gasteiger partial charge on any atom is 0.324 e. The number of benzene rings is 1. The van der Waals surface area contributed by atoms with Gasteiger partial charge in [0.15, 0.2) is 0 Å². The normalized spacial score (nSPS) is 9.86. The van der Waals surface area contributed by atoms with Gasteiger partial charge >= 0.3 is 6.03 Å². The van der Waals surface area contributed by atoms with Crippen LogP contribution in [0.2, 0.25) is 0 Å². The van der Waals surface area contributed by atoms with E-state index in [0.29, 0.717) is 23.0 Å². The van der Waals surface area contributed by atoms with Crippen LogP contribution in [0, 0.1) is 6.92 Å². The van der Waals surface area contributed by atoms with Crippen LogP contribution in [0.5, 0.6) is 11.5 Å². The van der Waals surface area contributed by atoms with Gasteiger partial charge in [0.05, 0.1) is 19.9 Å². The SMILES string of the molecule is COc1ccc(OC)c(NC(=O)Nc2cccc(C)n2)c1. The zero-order chi connectivity index (χ0) is 15.2. The number of carbonyl (C=O) groups excluding carboxylic acids is 1. The number of nitrogens with zero attached hydrogens (tertiary/aromatic N) is 1. The van der Waals surface area contributed by atoms with Gasteiger partial charge in [-0.25, -0.2) is 9.78 Å². The van der Waals surface area contributed by atoms with E-state index in [-0.39, 0.29) is 0 Å². The largest absolute Gasteiger partial charge is 0.497 e. The number of methoxy groups -OCH3 is 2. The Hall–Kier alpha value is -2.76. The molecule has 0 aliphatic rings. The first-order chi connectivity index (χ1) is 10.1. The maximum absolute atomic E-state index is 12.0. The van der Waals surface area contributed by atoms with Crippen LogP contribution in [0.1, 0.15) is 5.69 Å². The number of urea groups is 1. The molecule has 0 saturated heterocycles. The molecule has 0 aliphatic heterocycles. The van der Waals surface area contributed by atoms with Crippen LogP contribution in [-0.4, -0.2) is 25.2 Å². The van der Waals surface area contributed by atoms with Gasteiger partial charge in [-0.1, -0.05) is 6.07 Å². The number of aromatic nitrogens is 1. The quantitative estimate of drug-likeness (QED) is 0.906. The minimum Gasteiger partial charge on any atom is -0.497 e. The van der Waals surface area contributed by atoms with E-state index in [1.54, 1.807) is 31.4 Å². The first-order valence-corrected chi connectivity index (χ1v) is 6.36. The van der Waals surface area contributed by atoms with Crippen molar-refractivity contribution in [3.8, 4) is 11.5 Å². The molecule has 0 fully saturated rings. The third-order valence-corrected chi connectivity index (χ3v) is 2.78.